The molecule has 0 unspecified atom stereocenters. The second kappa shape index (κ2) is 5.87. The fourth-order valence-electron chi connectivity index (χ4n) is 1.78. The summed E-state index contributed by atoms with van der Waals surface area (Å²) in [6, 6.07) is 12.2. The first-order valence-corrected chi connectivity index (χ1v) is 6.63. The lowest BCUT2D eigenvalue weighted by Crippen LogP contribution is -1.99. The van der Waals surface area contributed by atoms with Gasteiger partial charge in [-0.1, -0.05) is 58.9 Å². The third-order valence-electron chi connectivity index (χ3n) is 2.86. The molecule has 2 heteroatoms. The molecule has 0 bridgehead atoms. The van der Waals surface area contributed by atoms with E-state index < -0.39 is 0 Å². The van der Waals surface area contributed by atoms with E-state index in [1.807, 2.05) is 43.3 Å². The number of ether oxygens (including phenoxy) is 1. The van der Waals surface area contributed by atoms with E-state index in [9.17, 15) is 0 Å². The molecule has 0 fully saturated rings. The van der Waals surface area contributed by atoms with Gasteiger partial charge < -0.3 is 4.74 Å². The highest BCUT2D eigenvalue weighted by atomic mass is 79.9. The average molecular weight is 303 g/mol. The molecule has 0 amide bonds. The number of benzene rings is 2. The maximum absolute atomic E-state index is 5.86. The predicted octanol–water partition coefficient (Wildman–Crippen LogP) is 5.11. The smallest absolute Gasteiger partial charge is 0.127 e. The summed E-state index contributed by atoms with van der Waals surface area (Å²) in [6.07, 6.45) is 3.83. The molecule has 0 aromatic heterocycles. The Kier molecular flexibility index (Phi) is 4.21. The molecule has 0 heterocycles. The average Bonchev–Trinajstić information content (AvgIpc) is 2.42. The van der Waals surface area contributed by atoms with E-state index in [0.29, 0.717) is 6.61 Å². The summed E-state index contributed by atoms with van der Waals surface area (Å²) in [5.41, 5.74) is 1.09. The van der Waals surface area contributed by atoms with Gasteiger partial charge in [-0.3, -0.25) is 0 Å². The maximum atomic E-state index is 5.86. The highest BCUT2D eigenvalue weighted by Crippen LogP contribution is 2.31. The Morgan fingerprint density at radius 2 is 1.94 bits per heavy atom. The zero-order valence-electron chi connectivity index (χ0n) is 10.3. The van der Waals surface area contributed by atoms with Gasteiger partial charge in [-0.25, -0.2) is 0 Å². The van der Waals surface area contributed by atoms with Gasteiger partial charge in [0.1, 0.15) is 12.4 Å². The van der Waals surface area contributed by atoms with Crippen molar-refractivity contribution >= 4 is 26.7 Å². The van der Waals surface area contributed by atoms with Gasteiger partial charge in [-0.15, -0.1) is 0 Å². The third kappa shape index (κ3) is 2.65. The fourth-order valence-corrected chi connectivity index (χ4v) is 2.26. The van der Waals surface area contributed by atoms with Crippen LogP contribution in [0.5, 0.6) is 5.75 Å². The molecule has 0 saturated heterocycles. The van der Waals surface area contributed by atoms with Gasteiger partial charge in [0, 0.05) is 9.86 Å². The first kappa shape index (κ1) is 12.9. The Hall–Kier alpha value is -1.54. The number of halogens is 1. The number of allylic oxidation sites excluding steroid dienone is 1. The largest absolute Gasteiger partial charge is 0.488 e. The van der Waals surface area contributed by atoms with E-state index >= 15 is 0 Å². The minimum atomic E-state index is 0.547. The lowest BCUT2D eigenvalue weighted by molar-refractivity contribution is 0.359. The van der Waals surface area contributed by atoms with Gasteiger partial charge >= 0.3 is 0 Å². The van der Waals surface area contributed by atoms with Crippen molar-refractivity contribution in [1.82, 2.24) is 0 Å². The van der Waals surface area contributed by atoms with Crippen LogP contribution >= 0.6 is 15.9 Å². The quantitative estimate of drug-likeness (QED) is 0.713. The van der Waals surface area contributed by atoms with Crippen molar-refractivity contribution in [2.24, 2.45) is 0 Å². The summed E-state index contributed by atoms with van der Waals surface area (Å²) in [5, 5.41) is 2.28. The van der Waals surface area contributed by atoms with Crippen LogP contribution in [0.15, 0.2) is 65.2 Å². The molecule has 2 aromatic rings. The Labute approximate surface area is 116 Å². The summed E-state index contributed by atoms with van der Waals surface area (Å²) in [5.74, 6) is 0.898. The number of fused-ring (bicyclic) bond motifs is 1. The molecule has 2 aromatic carbocycles. The van der Waals surface area contributed by atoms with E-state index in [-0.39, 0.29) is 0 Å². The third-order valence-corrected chi connectivity index (χ3v) is 3.55. The monoisotopic (exact) mass is 302 g/mol. The summed E-state index contributed by atoms with van der Waals surface area (Å²) < 4.78 is 6.94. The molecule has 1 nitrogen and oxygen atoms in total. The molecular weight excluding hydrogens is 288 g/mol. The normalized spacial score (nSPS) is 11.6. The van der Waals surface area contributed by atoms with Crippen molar-refractivity contribution in [2.45, 2.75) is 6.92 Å². The van der Waals surface area contributed by atoms with Gasteiger partial charge in [-0.2, -0.15) is 0 Å². The van der Waals surface area contributed by atoms with Crippen molar-refractivity contribution in [3.8, 4) is 5.75 Å². The van der Waals surface area contributed by atoms with Crippen LogP contribution in [0.25, 0.3) is 10.8 Å². The second-order valence-corrected chi connectivity index (χ2v) is 4.80. The van der Waals surface area contributed by atoms with Crippen LogP contribution < -0.4 is 4.74 Å². The number of hydrogen-bond donors (Lipinski definition) is 0. The standard InChI is InChI=1S/C16H15BrO/c1-3-12(4-2)11-18-16-10-9-15(17)13-7-5-6-8-14(13)16/h3-10H,1,11H2,2H3/b12-4+. The summed E-state index contributed by atoms with van der Waals surface area (Å²) in [7, 11) is 0. The van der Waals surface area contributed by atoms with E-state index in [0.717, 1.165) is 26.6 Å². The van der Waals surface area contributed by atoms with Crippen LogP contribution in [0.3, 0.4) is 0 Å². The first-order chi connectivity index (χ1) is 8.76. The fraction of sp³-hybridized carbons (Fsp3) is 0.125. The van der Waals surface area contributed by atoms with Crippen molar-refractivity contribution < 1.29 is 4.74 Å². The SMILES string of the molecule is C=C/C(=C\C)COc1ccc(Br)c2ccccc12. The van der Waals surface area contributed by atoms with Crippen LogP contribution in [0.4, 0.5) is 0 Å². The lowest BCUT2D eigenvalue weighted by Gasteiger charge is -2.10. The zero-order valence-corrected chi connectivity index (χ0v) is 11.9. The van der Waals surface area contributed by atoms with E-state index in [1.165, 1.54) is 0 Å². The van der Waals surface area contributed by atoms with E-state index in [1.54, 1.807) is 0 Å². The lowest BCUT2D eigenvalue weighted by atomic mass is 10.1. The van der Waals surface area contributed by atoms with E-state index in [4.69, 9.17) is 4.74 Å². The highest BCUT2D eigenvalue weighted by molar-refractivity contribution is 9.10. The van der Waals surface area contributed by atoms with Gasteiger partial charge in [0.2, 0.25) is 0 Å². The summed E-state index contributed by atoms with van der Waals surface area (Å²) >= 11 is 3.56. The van der Waals surface area contributed by atoms with Crippen LogP contribution in [0, 0.1) is 0 Å². The van der Waals surface area contributed by atoms with Gasteiger partial charge in [0.15, 0.2) is 0 Å². The second-order valence-electron chi connectivity index (χ2n) is 3.95. The Bertz CT molecular complexity index is 599. The van der Waals surface area contributed by atoms with Gasteiger partial charge in [-0.05, 0) is 30.0 Å². The summed E-state index contributed by atoms with van der Waals surface area (Å²) in [4.78, 5) is 0. The molecule has 0 N–H and O–H groups in total. The van der Waals surface area contributed by atoms with Crippen molar-refractivity contribution in [1.29, 1.82) is 0 Å². The first-order valence-electron chi connectivity index (χ1n) is 5.84. The zero-order chi connectivity index (χ0) is 13.0. The Balaban J connectivity index is 2.34. The molecule has 0 aliphatic heterocycles. The van der Waals surface area contributed by atoms with Crippen molar-refractivity contribution in [2.75, 3.05) is 6.61 Å². The Morgan fingerprint density at radius 1 is 1.22 bits per heavy atom. The maximum Gasteiger partial charge on any atom is 0.127 e. The van der Waals surface area contributed by atoms with Gasteiger partial charge in [0.05, 0.1) is 0 Å². The molecule has 2 rings (SSSR count). The minimum absolute atomic E-state index is 0.547. The molecule has 0 aliphatic rings. The van der Waals surface area contributed by atoms with Crippen LogP contribution in [0.1, 0.15) is 6.92 Å². The molecular formula is C16H15BrO. The van der Waals surface area contributed by atoms with Gasteiger partial charge in [0.25, 0.3) is 0 Å². The van der Waals surface area contributed by atoms with Crippen LogP contribution in [-0.2, 0) is 0 Å². The number of hydrogen-bond acceptors (Lipinski definition) is 1. The molecule has 0 saturated carbocycles. The molecule has 0 radical (unpaired) electrons. The van der Waals surface area contributed by atoms with Crippen molar-refractivity contribution in [3.63, 3.8) is 0 Å². The van der Waals surface area contributed by atoms with Crippen LogP contribution in [0.2, 0.25) is 0 Å². The molecule has 18 heavy (non-hydrogen) atoms. The topological polar surface area (TPSA) is 9.23 Å². The predicted molar refractivity (Wildman–Crippen MR) is 81.1 cm³/mol. The molecule has 0 spiro atoms. The van der Waals surface area contributed by atoms with Crippen molar-refractivity contribution in [3.05, 3.63) is 65.2 Å². The minimum Gasteiger partial charge on any atom is -0.488 e. The molecule has 0 atom stereocenters. The summed E-state index contributed by atoms with van der Waals surface area (Å²) in [6.45, 7) is 6.30. The van der Waals surface area contributed by atoms with E-state index in [2.05, 4.69) is 34.6 Å². The Morgan fingerprint density at radius 3 is 2.61 bits per heavy atom. The van der Waals surface area contributed by atoms with Crippen LogP contribution in [-0.4, -0.2) is 6.61 Å². The number of rotatable bonds is 4. The molecule has 92 valence electrons. The highest BCUT2D eigenvalue weighted by Gasteiger charge is 2.05. The molecule has 0 aliphatic carbocycles.